The summed E-state index contributed by atoms with van der Waals surface area (Å²) in [5.41, 5.74) is 3.83. The van der Waals surface area contributed by atoms with Gasteiger partial charge in [0.25, 0.3) is 0 Å². The summed E-state index contributed by atoms with van der Waals surface area (Å²) in [5, 5.41) is 0. The van der Waals surface area contributed by atoms with Gasteiger partial charge in [0.05, 0.1) is 7.11 Å². The van der Waals surface area contributed by atoms with E-state index in [1.54, 1.807) is 7.11 Å². The van der Waals surface area contributed by atoms with E-state index in [1.165, 1.54) is 24.1 Å². The molecule has 1 aromatic carbocycles. The second-order valence-electron chi connectivity index (χ2n) is 6.68. The maximum absolute atomic E-state index is 5.60. The lowest BCUT2D eigenvalue weighted by molar-refractivity contribution is 0.164. The maximum Gasteiger partial charge on any atom is 0.231 e. The van der Waals surface area contributed by atoms with Crippen molar-refractivity contribution in [2.24, 2.45) is 0 Å². The molecule has 5 rings (SSSR count). The molecule has 5 heteroatoms. The molecule has 3 aliphatic rings. The van der Waals surface area contributed by atoms with Crippen molar-refractivity contribution in [2.75, 3.05) is 13.9 Å². The van der Waals surface area contributed by atoms with Gasteiger partial charge in [-0.1, -0.05) is 6.07 Å². The number of hydrogen-bond acceptors (Lipinski definition) is 5. The number of ether oxygens (including phenoxy) is 3. The van der Waals surface area contributed by atoms with E-state index < -0.39 is 0 Å². The van der Waals surface area contributed by atoms with Gasteiger partial charge in [-0.25, -0.2) is 0 Å². The Balaban J connectivity index is 1.49. The Morgan fingerprint density at radius 2 is 2.12 bits per heavy atom. The van der Waals surface area contributed by atoms with Crippen LogP contribution in [0.25, 0.3) is 0 Å². The van der Waals surface area contributed by atoms with Crippen molar-refractivity contribution >= 4 is 0 Å². The van der Waals surface area contributed by atoms with Gasteiger partial charge >= 0.3 is 0 Å². The average molecular weight is 324 g/mol. The summed E-state index contributed by atoms with van der Waals surface area (Å²) in [6, 6.07) is 9.32. The van der Waals surface area contributed by atoms with Crippen LogP contribution < -0.4 is 14.2 Å². The molecule has 0 radical (unpaired) electrons. The van der Waals surface area contributed by atoms with Gasteiger partial charge in [0, 0.05) is 48.6 Å². The van der Waals surface area contributed by atoms with Crippen LogP contribution in [0, 0.1) is 0 Å². The summed E-state index contributed by atoms with van der Waals surface area (Å²) < 4.78 is 16.6. The Bertz CT molecular complexity index is 792. The first-order valence-corrected chi connectivity index (χ1v) is 8.49. The van der Waals surface area contributed by atoms with Gasteiger partial charge in [-0.3, -0.25) is 9.88 Å². The minimum absolute atomic E-state index is 0.288. The molecule has 3 aliphatic heterocycles. The van der Waals surface area contributed by atoms with E-state index in [0.29, 0.717) is 12.1 Å². The van der Waals surface area contributed by atoms with Crippen LogP contribution in [0.15, 0.2) is 30.5 Å². The second-order valence-corrected chi connectivity index (χ2v) is 6.68. The second kappa shape index (κ2) is 5.38. The van der Waals surface area contributed by atoms with Gasteiger partial charge in [0.1, 0.15) is 5.75 Å². The lowest BCUT2D eigenvalue weighted by Gasteiger charge is -2.36. The molecule has 1 saturated heterocycles. The molecule has 5 nitrogen and oxygen atoms in total. The van der Waals surface area contributed by atoms with E-state index >= 15 is 0 Å². The zero-order valence-electron chi connectivity index (χ0n) is 13.7. The third-order valence-corrected chi connectivity index (χ3v) is 5.48. The fourth-order valence-corrected chi connectivity index (χ4v) is 4.35. The van der Waals surface area contributed by atoms with Crippen molar-refractivity contribution in [1.29, 1.82) is 0 Å². The molecule has 124 valence electrons. The molecular weight excluding hydrogens is 304 g/mol. The molecule has 2 atom stereocenters. The van der Waals surface area contributed by atoms with Crippen LogP contribution in [-0.4, -0.2) is 29.8 Å². The quantitative estimate of drug-likeness (QED) is 0.868. The summed E-state index contributed by atoms with van der Waals surface area (Å²) in [6.45, 7) is 1.15. The third kappa shape index (κ3) is 2.08. The minimum atomic E-state index is 0.288. The van der Waals surface area contributed by atoms with Gasteiger partial charge in [0.15, 0.2) is 11.5 Å². The molecular formula is C19H20N2O3. The van der Waals surface area contributed by atoms with E-state index in [0.717, 1.165) is 35.8 Å². The Hall–Kier alpha value is -2.27. The van der Waals surface area contributed by atoms with Gasteiger partial charge in [-0.15, -0.1) is 0 Å². The number of benzene rings is 1. The van der Waals surface area contributed by atoms with Crippen LogP contribution in [0.3, 0.4) is 0 Å². The van der Waals surface area contributed by atoms with Crippen molar-refractivity contribution < 1.29 is 14.2 Å². The number of pyridine rings is 1. The highest BCUT2D eigenvalue weighted by atomic mass is 16.7. The SMILES string of the molecule is COc1cc2c(cc1CN1C3CCC1c1cccnc1C3)OCO2. The van der Waals surface area contributed by atoms with Crippen molar-refractivity contribution in [3.63, 3.8) is 0 Å². The van der Waals surface area contributed by atoms with Crippen LogP contribution >= 0.6 is 0 Å². The average Bonchev–Trinajstić information content (AvgIpc) is 3.17. The van der Waals surface area contributed by atoms with Crippen LogP contribution in [0.1, 0.15) is 35.7 Å². The van der Waals surface area contributed by atoms with E-state index in [2.05, 4.69) is 28.1 Å². The van der Waals surface area contributed by atoms with Gasteiger partial charge in [-0.05, 0) is 30.5 Å². The van der Waals surface area contributed by atoms with E-state index in [4.69, 9.17) is 14.2 Å². The number of fused-ring (bicyclic) bond motifs is 5. The van der Waals surface area contributed by atoms with Gasteiger partial charge < -0.3 is 14.2 Å². The number of nitrogens with zero attached hydrogens (tertiary/aromatic N) is 2. The van der Waals surface area contributed by atoms with Crippen molar-refractivity contribution in [3.8, 4) is 17.2 Å². The Morgan fingerprint density at radius 1 is 1.25 bits per heavy atom. The molecule has 2 unspecified atom stereocenters. The first-order chi connectivity index (χ1) is 11.8. The zero-order chi connectivity index (χ0) is 16.1. The lowest BCUT2D eigenvalue weighted by atomic mass is 9.97. The fraction of sp³-hybridized carbons (Fsp3) is 0.421. The molecule has 4 heterocycles. The van der Waals surface area contributed by atoms with Crippen molar-refractivity contribution in [1.82, 2.24) is 9.88 Å². The van der Waals surface area contributed by atoms with Crippen LogP contribution in [0.2, 0.25) is 0 Å². The number of methoxy groups -OCH3 is 1. The fourth-order valence-electron chi connectivity index (χ4n) is 4.35. The highest BCUT2D eigenvalue weighted by Crippen LogP contribution is 2.45. The molecule has 0 N–H and O–H groups in total. The third-order valence-electron chi connectivity index (χ3n) is 5.48. The van der Waals surface area contributed by atoms with E-state index in [9.17, 15) is 0 Å². The Kier molecular flexibility index (Phi) is 3.16. The monoisotopic (exact) mass is 324 g/mol. The number of aromatic nitrogens is 1. The molecule has 1 fully saturated rings. The first kappa shape index (κ1) is 14.1. The minimum Gasteiger partial charge on any atom is -0.496 e. The van der Waals surface area contributed by atoms with Crippen molar-refractivity contribution in [3.05, 3.63) is 47.3 Å². The summed E-state index contributed by atoms with van der Waals surface area (Å²) in [7, 11) is 1.71. The molecule has 0 spiro atoms. The largest absolute Gasteiger partial charge is 0.496 e. The Labute approximate surface area is 141 Å². The molecule has 0 amide bonds. The predicted octanol–water partition coefficient (Wildman–Crippen LogP) is 3.08. The smallest absolute Gasteiger partial charge is 0.231 e. The molecule has 1 aromatic heterocycles. The van der Waals surface area contributed by atoms with Crippen LogP contribution in [0.5, 0.6) is 17.2 Å². The molecule has 0 aliphatic carbocycles. The highest BCUT2D eigenvalue weighted by Gasteiger charge is 2.40. The zero-order valence-corrected chi connectivity index (χ0v) is 13.7. The molecule has 24 heavy (non-hydrogen) atoms. The maximum atomic E-state index is 5.60. The summed E-state index contributed by atoms with van der Waals surface area (Å²) in [4.78, 5) is 7.20. The lowest BCUT2D eigenvalue weighted by Crippen LogP contribution is -2.37. The number of hydrogen-bond donors (Lipinski definition) is 0. The van der Waals surface area contributed by atoms with Gasteiger partial charge in [0.2, 0.25) is 6.79 Å². The summed E-state index contributed by atoms with van der Waals surface area (Å²) in [6.07, 6.45) is 5.39. The number of rotatable bonds is 3. The summed E-state index contributed by atoms with van der Waals surface area (Å²) in [5.74, 6) is 2.46. The van der Waals surface area contributed by atoms with Gasteiger partial charge in [-0.2, -0.15) is 0 Å². The predicted molar refractivity (Wildman–Crippen MR) is 88.4 cm³/mol. The van der Waals surface area contributed by atoms with E-state index in [-0.39, 0.29) is 6.79 Å². The normalized spacial score (nSPS) is 24.0. The van der Waals surface area contributed by atoms with Crippen LogP contribution in [0.4, 0.5) is 0 Å². The molecule has 2 aromatic rings. The molecule has 2 bridgehead atoms. The molecule has 0 saturated carbocycles. The summed E-state index contributed by atoms with van der Waals surface area (Å²) >= 11 is 0. The topological polar surface area (TPSA) is 43.8 Å². The van der Waals surface area contributed by atoms with Crippen molar-refractivity contribution in [2.45, 2.75) is 37.9 Å². The Morgan fingerprint density at radius 3 is 3.00 bits per heavy atom. The highest BCUT2D eigenvalue weighted by molar-refractivity contribution is 5.52. The van der Waals surface area contributed by atoms with E-state index in [1.807, 2.05) is 12.3 Å². The standard InChI is InChI=1S/C19H20N2O3/c1-22-17-9-19-18(23-11-24-19)7-12(17)10-21-13-4-5-16(21)14-3-2-6-20-15(14)8-13/h2-3,6-7,9,13,16H,4-5,8,10-11H2,1H3. The first-order valence-electron chi connectivity index (χ1n) is 8.49. The van der Waals surface area contributed by atoms with Crippen LogP contribution in [-0.2, 0) is 13.0 Å².